The molecule has 0 radical (unpaired) electrons. The van der Waals surface area contributed by atoms with Crippen molar-refractivity contribution in [3.8, 4) is 5.75 Å². The molecule has 3 rings (SSSR count). The molecule has 0 saturated carbocycles. The number of aromatic nitrogens is 1. The Hall–Kier alpha value is -2.12. The molecule has 7 heteroatoms. The molecule has 128 valence electrons. The molecule has 2 aromatic heterocycles. The quantitative estimate of drug-likeness (QED) is 0.829. The van der Waals surface area contributed by atoms with Gasteiger partial charge in [0.15, 0.2) is 0 Å². The third-order valence-corrected chi connectivity index (χ3v) is 4.78. The molecule has 0 spiro atoms. The molecule has 0 aliphatic carbocycles. The monoisotopic (exact) mass is 348 g/mol. The van der Waals surface area contributed by atoms with Crippen LogP contribution in [0, 0.1) is 0 Å². The van der Waals surface area contributed by atoms with E-state index in [0.717, 1.165) is 6.42 Å². The Morgan fingerprint density at radius 1 is 1.42 bits per heavy atom. The molecule has 0 aromatic carbocycles. The number of thiophene rings is 1. The summed E-state index contributed by atoms with van der Waals surface area (Å²) in [6.45, 7) is 2.35. The zero-order valence-electron chi connectivity index (χ0n) is 13.5. The molecule has 0 atom stereocenters. The fourth-order valence-corrected chi connectivity index (χ4v) is 3.55. The number of carbonyl (C=O) groups excluding carboxylic acids is 1. The van der Waals surface area contributed by atoms with Crippen LogP contribution in [0.2, 0.25) is 0 Å². The number of rotatable bonds is 5. The van der Waals surface area contributed by atoms with Gasteiger partial charge in [-0.15, -0.1) is 0 Å². The summed E-state index contributed by atoms with van der Waals surface area (Å²) < 4.78 is 12.4. The number of methoxy groups -OCH3 is 1. The first-order chi connectivity index (χ1) is 11.7. The number of hydrogen-bond acceptors (Lipinski definition) is 6. The van der Waals surface area contributed by atoms with Crippen molar-refractivity contribution in [3.63, 3.8) is 0 Å². The SMILES string of the molecule is COC(=O)c1c(OCCc2ccsc2)cc(=O)n2c1CCNCC2. The van der Waals surface area contributed by atoms with Crippen molar-refractivity contribution in [1.82, 2.24) is 9.88 Å². The third-order valence-electron chi connectivity index (χ3n) is 4.05. The standard InChI is InChI=1S/C17H20N2O4S/c1-22-17(21)16-13-2-5-18-6-7-19(13)15(20)10-14(16)23-8-3-12-4-9-24-11-12/h4,9-11,18H,2-3,5-8H2,1H3. The predicted molar refractivity (Wildman–Crippen MR) is 92.1 cm³/mol. The van der Waals surface area contributed by atoms with Crippen LogP contribution in [0.1, 0.15) is 21.6 Å². The Morgan fingerprint density at radius 2 is 2.29 bits per heavy atom. The number of pyridine rings is 1. The molecule has 1 N–H and O–H groups in total. The summed E-state index contributed by atoms with van der Waals surface area (Å²) in [5, 5.41) is 7.30. The van der Waals surface area contributed by atoms with Crippen molar-refractivity contribution in [2.75, 3.05) is 26.8 Å². The Labute approximate surface area is 144 Å². The summed E-state index contributed by atoms with van der Waals surface area (Å²) in [5.74, 6) is -0.151. The van der Waals surface area contributed by atoms with Gasteiger partial charge in [-0.05, 0) is 22.4 Å². The van der Waals surface area contributed by atoms with E-state index in [4.69, 9.17) is 9.47 Å². The lowest BCUT2D eigenvalue weighted by Gasteiger charge is -2.17. The van der Waals surface area contributed by atoms with Gasteiger partial charge >= 0.3 is 5.97 Å². The number of nitrogens with one attached hydrogen (secondary N) is 1. The topological polar surface area (TPSA) is 69.6 Å². The summed E-state index contributed by atoms with van der Waals surface area (Å²) in [5.41, 5.74) is 2.08. The average molecular weight is 348 g/mol. The minimum absolute atomic E-state index is 0.146. The number of esters is 1. The number of ether oxygens (including phenoxy) is 2. The lowest BCUT2D eigenvalue weighted by atomic mass is 10.1. The number of hydrogen-bond donors (Lipinski definition) is 1. The Balaban J connectivity index is 1.92. The van der Waals surface area contributed by atoms with Gasteiger partial charge in [0.2, 0.25) is 0 Å². The van der Waals surface area contributed by atoms with Crippen molar-refractivity contribution in [2.45, 2.75) is 19.4 Å². The Bertz CT molecular complexity index is 768. The van der Waals surface area contributed by atoms with E-state index in [1.807, 2.05) is 11.4 Å². The van der Waals surface area contributed by atoms with Gasteiger partial charge in [0.05, 0.1) is 13.7 Å². The van der Waals surface area contributed by atoms with E-state index in [2.05, 4.69) is 10.7 Å². The lowest BCUT2D eigenvalue weighted by Crippen LogP contribution is -2.28. The van der Waals surface area contributed by atoms with Crippen molar-refractivity contribution in [2.24, 2.45) is 0 Å². The predicted octanol–water partition coefficient (Wildman–Crippen LogP) is 1.46. The van der Waals surface area contributed by atoms with Crippen LogP contribution >= 0.6 is 11.3 Å². The van der Waals surface area contributed by atoms with Gasteiger partial charge in [-0.2, -0.15) is 11.3 Å². The summed E-state index contributed by atoms with van der Waals surface area (Å²) in [6.07, 6.45) is 1.31. The molecule has 0 saturated heterocycles. The van der Waals surface area contributed by atoms with E-state index in [1.165, 1.54) is 18.7 Å². The highest BCUT2D eigenvalue weighted by Crippen LogP contribution is 2.23. The Kier molecular flexibility index (Phi) is 5.32. The van der Waals surface area contributed by atoms with E-state index < -0.39 is 5.97 Å². The molecule has 0 unspecified atom stereocenters. The first-order valence-electron chi connectivity index (χ1n) is 7.90. The first kappa shape index (κ1) is 16.7. The van der Waals surface area contributed by atoms with Crippen LogP contribution in [0.15, 0.2) is 27.7 Å². The second-order valence-corrected chi connectivity index (χ2v) is 6.32. The van der Waals surface area contributed by atoms with Gasteiger partial charge in [0.25, 0.3) is 5.56 Å². The van der Waals surface area contributed by atoms with E-state index >= 15 is 0 Å². The first-order valence-corrected chi connectivity index (χ1v) is 8.84. The van der Waals surface area contributed by atoms with Gasteiger partial charge in [0, 0.05) is 44.2 Å². The molecule has 24 heavy (non-hydrogen) atoms. The highest BCUT2D eigenvalue weighted by atomic mass is 32.1. The number of fused-ring (bicyclic) bond motifs is 1. The van der Waals surface area contributed by atoms with Gasteiger partial charge < -0.3 is 19.4 Å². The summed E-state index contributed by atoms with van der Waals surface area (Å²) in [7, 11) is 1.34. The minimum Gasteiger partial charge on any atom is -0.492 e. The van der Waals surface area contributed by atoms with Gasteiger partial charge in [-0.3, -0.25) is 4.79 Å². The van der Waals surface area contributed by atoms with Crippen LogP contribution in [0.4, 0.5) is 0 Å². The zero-order chi connectivity index (χ0) is 16.9. The molecule has 1 aliphatic heterocycles. The summed E-state index contributed by atoms with van der Waals surface area (Å²) in [4.78, 5) is 24.7. The maximum absolute atomic E-state index is 12.4. The van der Waals surface area contributed by atoms with Crippen LogP contribution in [0.25, 0.3) is 0 Å². The highest BCUT2D eigenvalue weighted by molar-refractivity contribution is 7.07. The molecule has 1 aliphatic rings. The fourth-order valence-electron chi connectivity index (χ4n) is 2.85. The largest absolute Gasteiger partial charge is 0.492 e. The molecule has 0 fully saturated rings. The van der Waals surface area contributed by atoms with E-state index in [0.29, 0.717) is 49.7 Å². The second-order valence-electron chi connectivity index (χ2n) is 5.54. The van der Waals surface area contributed by atoms with Crippen molar-refractivity contribution < 1.29 is 14.3 Å². The maximum atomic E-state index is 12.4. The van der Waals surface area contributed by atoms with Crippen molar-refractivity contribution >= 4 is 17.3 Å². The smallest absolute Gasteiger partial charge is 0.343 e. The van der Waals surface area contributed by atoms with Crippen LogP contribution in [-0.2, 0) is 24.1 Å². The van der Waals surface area contributed by atoms with E-state index in [1.54, 1.807) is 15.9 Å². The van der Waals surface area contributed by atoms with Gasteiger partial charge in [-0.1, -0.05) is 0 Å². The molecule has 2 aromatic rings. The zero-order valence-corrected chi connectivity index (χ0v) is 14.4. The summed E-state index contributed by atoms with van der Waals surface area (Å²) >= 11 is 1.63. The van der Waals surface area contributed by atoms with Crippen LogP contribution in [0.3, 0.4) is 0 Å². The summed E-state index contributed by atoms with van der Waals surface area (Å²) in [6, 6.07) is 3.43. The minimum atomic E-state index is -0.466. The maximum Gasteiger partial charge on any atom is 0.343 e. The highest BCUT2D eigenvalue weighted by Gasteiger charge is 2.24. The number of carbonyl (C=O) groups is 1. The fraction of sp³-hybridized carbons (Fsp3) is 0.412. The molecule has 0 bridgehead atoms. The second kappa shape index (κ2) is 7.63. The van der Waals surface area contributed by atoms with E-state index in [-0.39, 0.29) is 5.56 Å². The average Bonchev–Trinajstić information content (AvgIpc) is 2.97. The lowest BCUT2D eigenvalue weighted by molar-refractivity contribution is 0.0593. The molecular weight excluding hydrogens is 328 g/mol. The number of nitrogens with zero attached hydrogens (tertiary/aromatic N) is 1. The normalized spacial score (nSPS) is 13.9. The van der Waals surface area contributed by atoms with Crippen molar-refractivity contribution in [3.05, 3.63) is 50.1 Å². The van der Waals surface area contributed by atoms with E-state index in [9.17, 15) is 9.59 Å². The molecule has 6 nitrogen and oxygen atoms in total. The Morgan fingerprint density at radius 3 is 3.04 bits per heavy atom. The molecule has 0 amide bonds. The molecule has 3 heterocycles. The van der Waals surface area contributed by atoms with Crippen LogP contribution in [-0.4, -0.2) is 37.3 Å². The molecular formula is C17H20N2O4S. The third kappa shape index (κ3) is 3.52. The van der Waals surface area contributed by atoms with Gasteiger partial charge in [-0.25, -0.2) is 4.79 Å². The van der Waals surface area contributed by atoms with Crippen LogP contribution in [0.5, 0.6) is 5.75 Å². The van der Waals surface area contributed by atoms with Crippen molar-refractivity contribution in [1.29, 1.82) is 0 Å². The van der Waals surface area contributed by atoms with Gasteiger partial charge in [0.1, 0.15) is 11.3 Å². The van der Waals surface area contributed by atoms with Crippen LogP contribution < -0.4 is 15.6 Å².